The fourth-order valence-electron chi connectivity index (χ4n) is 3.64. The number of carbonyl (C=O) groups is 1. The lowest BCUT2D eigenvalue weighted by Crippen LogP contribution is -2.38. The summed E-state index contributed by atoms with van der Waals surface area (Å²) in [5, 5.41) is 0. The van der Waals surface area contributed by atoms with E-state index >= 15 is 0 Å². The number of aromatic nitrogens is 2. The van der Waals surface area contributed by atoms with Crippen LogP contribution in [0.5, 0.6) is 17.4 Å². The van der Waals surface area contributed by atoms with Crippen LogP contribution in [-0.4, -0.2) is 41.0 Å². The third-order valence-corrected chi connectivity index (χ3v) is 5.61. The Morgan fingerprint density at radius 2 is 1.81 bits per heavy atom. The largest absolute Gasteiger partial charge is 0.497 e. The first kappa shape index (κ1) is 20.8. The molecule has 1 aromatic heterocycles. The van der Waals surface area contributed by atoms with Gasteiger partial charge >= 0.3 is 0 Å². The lowest BCUT2D eigenvalue weighted by Gasteiger charge is -2.30. The summed E-state index contributed by atoms with van der Waals surface area (Å²) in [7, 11) is 1.63. The summed E-state index contributed by atoms with van der Waals surface area (Å²) in [5.74, 6) is 2.72. The zero-order chi connectivity index (χ0) is 21.8. The Morgan fingerprint density at radius 1 is 1.06 bits per heavy atom. The fraction of sp³-hybridized carbons (Fsp3) is 0.320. The maximum absolute atomic E-state index is 13.3. The highest BCUT2D eigenvalue weighted by molar-refractivity contribution is 5.96. The second kappa shape index (κ2) is 9.16. The quantitative estimate of drug-likeness (QED) is 0.576. The number of likely N-dealkylation sites (tertiary alicyclic amines) is 1. The molecule has 0 spiro atoms. The molecule has 6 nitrogen and oxygen atoms in total. The van der Waals surface area contributed by atoms with E-state index in [1.165, 1.54) is 0 Å². The first-order valence-electron chi connectivity index (χ1n) is 10.6. The van der Waals surface area contributed by atoms with Crippen molar-refractivity contribution in [1.29, 1.82) is 0 Å². The van der Waals surface area contributed by atoms with Crippen LogP contribution in [-0.2, 0) is 0 Å². The van der Waals surface area contributed by atoms with Gasteiger partial charge in [-0.1, -0.05) is 19.1 Å². The van der Waals surface area contributed by atoms with Crippen LogP contribution in [0.4, 0.5) is 0 Å². The highest BCUT2D eigenvalue weighted by atomic mass is 16.5. The third kappa shape index (κ3) is 4.85. The van der Waals surface area contributed by atoms with E-state index in [1.807, 2.05) is 60.4 Å². The molecule has 1 amide bonds. The van der Waals surface area contributed by atoms with Gasteiger partial charge in [0.15, 0.2) is 5.82 Å². The lowest BCUT2D eigenvalue weighted by atomic mass is 9.99. The first-order chi connectivity index (χ1) is 15.0. The van der Waals surface area contributed by atoms with Gasteiger partial charge in [0.05, 0.1) is 7.11 Å². The van der Waals surface area contributed by atoms with Crippen LogP contribution in [0.3, 0.4) is 0 Å². The standard InChI is InChI=1S/C25H27N3O3/c1-17-11-13-28(14-12-17)25(29)22-16-26-23(19-7-9-20(30-3)10-8-19)27-24(22)31-21-6-4-5-18(2)15-21/h4-10,15-17H,11-14H2,1-3H3. The molecule has 31 heavy (non-hydrogen) atoms. The Kier molecular flexibility index (Phi) is 6.16. The summed E-state index contributed by atoms with van der Waals surface area (Å²) in [5.41, 5.74) is 2.27. The van der Waals surface area contributed by atoms with Crippen molar-refractivity contribution in [3.8, 4) is 28.8 Å². The van der Waals surface area contributed by atoms with E-state index in [0.717, 1.165) is 42.8 Å². The van der Waals surface area contributed by atoms with Crippen LogP contribution in [0, 0.1) is 12.8 Å². The highest BCUT2D eigenvalue weighted by Gasteiger charge is 2.26. The molecule has 3 aromatic rings. The second-order valence-corrected chi connectivity index (χ2v) is 8.03. The number of hydrogen-bond donors (Lipinski definition) is 0. The SMILES string of the molecule is COc1ccc(-c2ncc(C(=O)N3CCC(C)CC3)c(Oc3cccc(C)c3)n2)cc1. The molecule has 1 saturated heterocycles. The minimum atomic E-state index is -0.0872. The molecule has 4 rings (SSSR count). The average molecular weight is 418 g/mol. The Morgan fingerprint density at radius 3 is 2.48 bits per heavy atom. The molecule has 160 valence electrons. The number of benzene rings is 2. The summed E-state index contributed by atoms with van der Waals surface area (Å²) in [4.78, 5) is 24.2. The number of amides is 1. The summed E-state index contributed by atoms with van der Waals surface area (Å²) in [6, 6.07) is 15.2. The number of methoxy groups -OCH3 is 1. The van der Waals surface area contributed by atoms with E-state index in [1.54, 1.807) is 13.3 Å². The van der Waals surface area contributed by atoms with E-state index in [0.29, 0.717) is 23.1 Å². The molecule has 0 unspecified atom stereocenters. The molecular weight excluding hydrogens is 390 g/mol. The zero-order valence-corrected chi connectivity index (χ0v) is 18.2. The summed E-state index contributed by atoms with van der Waals surface area (Å²) < 4.78 is 11.3. The number of nitrogens with zero attached hydrogens (tertiary/aromatic N) is 3. The van der Waals surface area contributed by atoms with Crippen molar-refractivity contribution in [2.75, 3.05) is 20.2 Å². The average Bonchev–Trinajstić information content (AvgIpc) is 2.79. The molecule has 1 fully saturated rings. The first-order valence-corrected chi connectivity index (χ1v) is 10.6. The van der Waals surface area contributed by atoms with E-state index in [-0.39, 0.29) is 11.8 Å². The molecule has 0 bridgehead atoms. The number of carbonyl (C=O) groups excluding carboxylic acids is 1. The van der Waals surface area contributed by atoms with E-state index in [4.69, 9.17) is 9.47 Å². The predicted molar refractivity (Wildman–Crippen MR) is 120 cm³/mol. The van der Waals surface area contributed by atoms with Crippen molar-refractivity contribution in [3.63, 3.8) is 0 Å². The number of ether oxygens (including phenoxy) is 2. The normalized spacial score (nSPS) is 14.4. The monoisotopic (exact) mass is 417 g/mol. The van der Waals surface area contributed by atoms with Crippen LogP contribution in [0.25, 0.3) is 11.4 Å². The van der Waals surface area contributed by atoms with Gasteiger partial charge in [0.1, 0.15) is 17.1 Å². The lowest BCUT2D eigenvalue weighted by molar-refractivity contribution is 0.0693. The maximum Gasteiger partial charge on any atom is 0.260 e. The van der Waals surface area contributed by atoms with Gasteiger partial charge in [0.2, 0.25) is 5.88 Å². The van der Waals surface area contributed by atoms with Crippen molar-refractivity contribution in [2.45, 2.75) is 26.7 Å². The fourth-order valence-corrected chi connectivity index (χ4v) is 3.64. The van der Waals surface area contributed by atoms with Crippen molar-refractivity contribution in [2.24, 2.45) is 5.92 Å². The summed E-state index contributed by atoms with van der Waals surface area (Å²) >= 11 is 0. The second-order valence-electron chi connectivity index (χ2n) is 8.03. The van der Waals surface area contributed by atoms with Crippen LogP contribution in [0.1, 0.15) is 35.7 Å². The van der Waals surface area contributed by atoms with Crippen molar-refractivity contribution < 1.29 is 14.3 Å². The Hall–Kier alpha value is -3.41. The Bertz CT molecular complexity index is 1060. The third-order valence-electron chi connectivity index (χ3n) is 5.61. The van der Waals surface area contributed by atoms with E-state index < -0.39 is 0 Å². The van der Waals surface area contributed by atoms with Crippen LogP contribution >= 0.6 is 0 Å². The van der Waals surface area contributed by atoms with Crippen LogP contribution in [0.15, 0.2) is 54.7 Å². The number of rotatable bonds is 5. The van der Waals surface area contributed by atoms with Crippen LogP contribution < -0.4 is 9.47 Å². The van der Waals surface area contributed by atoms with Crippen molar-refractivity contribution in [1.82, 2.24) is 14.9 Å². The topological polar surface area (TPSA) is 64.5 Å². The number of aryl methyl sites for hydroxylation is 1. The summed E-state index contributed by atoms with van der Waals surface area (Å²) in [6.45, 7) is 5.70. The molecular formula is C25H27N3O3. The smallest absolute Gasteiger partial charge is 0.260 e. The minimum absolute atomic E-state index is 0.0872. The minimum Gasteiger partial charge on any atom is -0.497 e. The van der Waals surface area contributed by atoms with Crippen molar-refractivity contribution >= 4 is 5.91 Å². The molecule has 0 aliphatic carbocycles. The van der Waals surface area contributed by atoms with Gasteiger partial charge in [0, 0.05) is 24.8 Å². The molecule has 0 N–H and O–H groups in total. The molecule has 2 heterocycles. The highest BCUT2D eigenvalue weighted by Crippen LogP contribution is 2.29. The maximum atomic E-state index is 13.3. The molecule has 1 aliphatic rings. The van der Waals surface area contributed by atoms with Gasteiger partial charge in [-0.25, -0.2) is 4.98 Å². The van der Waals surface area contributed by atoms with Gasteiger partial charge in [-0.3, -0.25) is 4.79 Å². The Balaban J connectivity index is 1.69. The molecule has 0 saturated carbocycles. The van der Waals surface area contributed by atoms with Gasteiger partial charge in [-0.05, 0) is 67.6 Å². The Labute approximate surface area is 182 Å². The molecule has 0 atom stereocenters. The van der Waals surface area contributed by atoms with Gasteiger partial charge in [0.25, 0.3) is 5.91 Å². The molecule has 2 aromatic carbocycles. The van der Waals surface area contributed by atoms with Gasteiger partial charge in [-0.15, -0.1) is 0 Å². The van der Waals surface area contributed by atoms with E-state index in [9.17, 15) is 4.79 Å². The molecule has 1 aliphatic heterocycles. The van der Waals surface area contributed by atoms with Crippen LogP contribution in [0.2, 0.25) is 0 Å². The van der Waals surface area contributed by atoms with Gasteiger partial charge in [-0.2, -0.15) is 4.98 Å². The summed E-state index contributed by atoms with van der Waals surface area (Å²) in [6.07, 6.45) is 3.59. The van der Waals surface area contributed by atoms with E-state index in [2.05, 4.69) is 16.9 Å². The number of hydrogen-bond acceptors (Lipinski definition) is 5. The predicted octanol–water partition coefficient (Wildman–Crippen LogP) is 5.13. The van der Waals surface area contributed by atoms with Gasteiger partial charge < -0.3 is 14.4 Å². The molecule has 6 heteroatoms. The molecule has 0 radical (unpaired) electrons. The number of piperidine rings is 1. The van der Waals surface area contributed by atoms with Crippen molar-refractivity contribution in [3.05, 3.63) is 65.9 Å². The zero-order valence-electron chi connectivity index (χ0n) is 18.2.